The molecule has 5 rings (SSSR count). The molecule has 1 aromatic rings. The summed E-state index contributed by atoms with van der Waals surface area (Å²) < 4.78 is 47.7. The van der Waals surface area contributed by atoms with E-state index in [1.807, 2.05) is 19.9 Å². The summed E-state index contributed by atoms with van der Waals surface area (Å²) in [7, 11) is 1.53. The Morgan fingerprint density at radius 1 is 1.27 bits per heavy atom. The summed E-state index contributed by atoms with van der Waals surface area (Å²) in [6.45, 7) is 6.04. The number of hydrogen-bond donors (Lipinski definition) is 1. The first-order valence-corrected chi connectivity index (χ1v) is 15.7. The third kappa shape index (κ3) is 4.30. The highest BCUT2D eigenvalue weighted by Crippen LogP contribution is 2.75. The molecule has 1 heterocycles. The van der Waals surface area contributed by atoms with Gasteiger partial charge in [0.05, 0.1) is 24.1 Å². The molecule has 4 aliphatic carbocycles. The number of hydrogen-bond acceptors (Lipinski definition) is 7. The fourth-order valence-electron chi connectivity index (χ4n) is 8.69. The van der Waals surface area contributed by atoms with Gasteiger partial charge in [-0.25, -0.2) is 13.2 Å². The summed E-state index contributed by atoms with van der Waals surface area (Å²) in [4.78, 5) is 32.3. The first-order chi connectivity index (χ1) is 18.7. The number of aliphatic hydroxyl groups excluding tert-OH is 1. The SMILES string of the molecule is CON(Cc1ccc(Cl)s1)C[C@@H]1C[C@@]2(C)[C@@H]3C[C@H](F)C4=CC(=O)C=C[C@]4(C)[C@@]3(F)[C@@H](O)C[C@]2(C)[C@H]1C(=O)SCF. The van der Waals surface area contributed by atoms with Crippen molar-refractivity contribution in [2.45, 2.75) is 64.5 Å². The number of thiophene rings is 1. The third-order valence-electron chi connectivity index (χ3n) is 10.7. The van der Waals surface area contributed by atoms with Crippen LogP contribution in [0.3, 0.4) is 0 Å². The van der Waals surface area contributed by atoms with Gasteiger partial charge in [0.2, 0.25) is 0 Å². The molecule has 4 aliphatic rings. The largest absolute Gasteiger partial charge is 0.390 e. The Bertz CT molecular complexity index is 1260. The van der Waals surface area contributed by atoms with Crippen LogP contribution in [0.25, 0.3) is 0 Å². The molecular weight excluding hydrogens is 583 g/mol. The maximum absolute atomic E-state index is 17.7. The number of alkyl halides is 3. The lowest BCUT2D eigenvalue weighted by Crippen LogP contribution is -2.71. The van der Waals surface area contributed by atoms with Crippen molar-refractivity contribution >= 4 is 45.6 Å². The molecule has 40 heavy (non-hydrogen) atoms. The highest BCUT2D eigenvalue weighted by molar-refractivity contribution is 8.13. The molecule has 0 bridgehead atoms. The van der Waals surface area contributed by atoms with Crippen molar-refractivity contribution in [1.82, 2.24) is 5.06 Å². The van der Waals surface area contributed by atoms with Crippen LogP contribution in [0.2, 0.25) is 4.34 Å². The van der Waals surface area contributed by atoms with Crippen molar-refractivity contribution in [3.05, 3.63) is 45.1 Å². The van der Waals surface area contributed by atoms with Crippen LogP contribution in [0.5, 0.6) is 0 Å². The Morgan fingerprint density at radius 2 is 2.00 bits per heavy atom. The van der Waals surface area contributed by atoms with E-state index >= 15 is 8.78 Å². The zero-order chi connectivity index (χ0) is 29.3. The first kappa shape index (κ1) is 30.3. The van der Waals surface area contributed by atoms with Crippen LogP contribution in [0, 0.1) is 34.0 Å². The van der Waals surface area contributed by atoms with E-state index in [-0.39, 0.29) is 29.4 Å². The van der Waals surface area contributed by atoms with Crippen LogP contribution >= 0.6 is 34.7 Å². The van der Waals surface area contributed by atoms with Gasteiger partial charge in [-0.05, 0) is 72.8 Å². The standard InChI is InChI=1S/C29H35ClF3NO4S2/c1-26-8-7-17(35)9-19(26)20(32)10-21-27(2)11-16(13-34(38-4)14-18-5-6-23(30)40-18)24(25(37)39-15-31)28(27,3)12-22(36)29(21,26)33/h5-9,16,20-22,24,36H,10-15H2,1-4H3/t16-,20-,21-,22-,24+,26-,27-,28+,29-/m0/s1. The van der Waals surface area contributed by atoms with Crippen LogP contribution in [0.1, 0.15) is 44.9 Å². The van der Waals surface area contributed by atoms with E-state index in [1.54, 1.807) is 18.1 Å². The number of ketones is 1. The van der Waals surface area contributed by atoms with Gasteiger partial charge in [0.1, 0.15) is 12.2 Å². The second-order valence-corrected chi connectivity index (χ2v) is 15.1. The van der Waals surface area contributed by atoms with E-state index in [1.165, 1.54) is 36.7 Å². The molecule has 0 amide bonds. The Kier molecular flexibility index (Phi) is 7.97. The number of carbonyl (C=O) groups is 2. The number of carbonyl (C=O) groups excluding carboxylic acids is 2. The van der Waals surface area contributed by atoms with Crippen LogP contribution < -0.4 is 0 Å². The lowest BCUT2D eigenvalue weighted by molar-refractivity contribution is -0.231. The van der Waals surface area contributed by atoms with Crippen molar-refractivity contribution in [1.29, 1.82) is 0 Å². The maximum atomic E-state index is 17.7. The highest BCUT2D eigenvalue weighted by atomic mass is 35.5. The van der Waals surface area contributed by atoms with Crippen molar-refractivity contribution in [2.24, 2.45) is 34.0 Å². The lowest BCUT2D eigenvalue weighted by atomic mass is 9.40. The van der Waals surface area contributed by atoms with Gasteiger partial charge in [-0.15, -0.1) is 11.3 Å². The van der Waals surface area contributed by atoms with Crippen LogP contribution in [-0.2, 0) is 21.0 Å². The molecular formula is C29H35ClF3NO4S2. The molecule has 9 atom stereocenters. The molecule has 0 unspecified atom stereocenters. The molecule has 5 nitrogen and oxygen atoms in total. The number of fused-ring (bicyclic) bond motifs is 5. The van der Waals surface area contributed by atoms with Gasteiger partial charge in [-0.3, -0.25) is 9.59 Å². The molecule has 0 saturated heterocycles. The summed E-state index contributed by atoms with van der Waals surface area (Å²) in [5.41, 5.74) is -5.58. The number of aliphatic hydroxyl groups is 1. The van der Waals surface area contributed by atoms with Gasteiger partial charge in [0, 0.05) is 28.7 Å². The second-order valence-electron chi connectivity index (χ2n) is 12.3. The number of allylic oxidation sites excluding steroid dienone is 4. The molecule has 220 valence electrons. The van der Waals surface area contributed by atoms with Crippen LogP contribution in [-0.4, -0.2) is 58.7 Å². The van der Waals surface area contributed by atoms with Crippen molar-refractivity contribution in [3.8, 4) is 0 Å². The Labute approximate surface area is 246 Å². The number of rotatable bonds is 7. The zero-order valence-corrected chi connectivity index (χ0v) is 25.4. The summed E-state index contributed by atoms with van der Waals surface area (Å²) in [6, 6.07) is 2.79. The minimum Gasteiger partial charge on any atom is -0.390 e. The number of halogens is 4. The van der Waals surface area contributed by atoms with Gasteiger partial charge >= 0.3 is 0 Å². The molecule has 0 aromatic carbocycles. The van der Waals surface area contributed by atoms with E-state index in [0.29, 0.717) is 35.6 Å². The fourth-order valence-corrected chi connectivity index (χ4v) is 10.5. The molecule has 3 saturated carbocycles. The molecule has 1 N–H and O–H groups in total. The molecule has 0 radical (unpaired) electrons. The lowest BCUT2D eigenvalue weighted by Gasteiger charge is -2.66. The van der Waals surface area contributed by atoms with E-state index in [2.05, 4.69) is 0 Å². The molecule has 1 aromatic heterocycles. The second kappa shape index (κ2) is 10.5. The normalized spacial score (nSPS) is 42.4. The first-order valence-electron chi connectivity index (χ1n) is 13.5. The number of thioether (sulfide) groups is 1. The van der Waals surface area contributed by atoms with E-state index < -0.39 is 57.8 Å². The smallest absolute Gasteiger partial charge is 0.195 e. The summed E-state index contributed by atoms with van der Waals surface area (Å²) in [5.74, 6) is -2.43. The average Bonchev–Trinajstić information content (AvgIpc) is 3.39. The molecule has 0 spiro atoms. The van der Waals surface area contributed by atoms with Gasteiger partial charge < -0.3 is 9.94 Å². The monoisotopic (exact) mass is 617 g/mol. The minimum absolute atomic E-state index is 0.0502. The average molecular weight is 618 g/mol. The van der Waals surface area contributed by atoms with E-state index in [4.69, 9.17) is 16.4 Å². The van der Waals surface area contributed by atoms with Crippen molar-refractivity contribution in [2.75, 3.05) is 19.7 Å². The number of nitrogens with zero attached hydrogens (tertiary/aromatic N) is 1. The zero-order valence-electron chi connectivity index (χ0n) is 23.0. The summed E-state index contributed by atoms with van der Waals surface area (Å²) in [6.07, 6.45) is 0.825. The Morgan fingerprint density at radius 3 is 2.62 bits per heavy atom. The van der Waals surface area contributed by atoms with E-state index in [9.17, 15) is 19.1 Å². The summed E-state index contributed by atoms with van der Waals surface area (Å²) in [5, 5.41) is 13.0. The maximum Gasteiger partial charge on any atom is 0.195 e. The van der Waals surface area contributed by atoms with Gasteiger partial charge in [0.25, 0.3) is 0 Å². The van der Waals surface area contributed by atoms with Gasteiger partial charge in [0.15, 0.2) is 16.6 Å². The predicted molar refractivity (Wildman–Crippen MR) is 151 cm³/mol. The Balaban J connectivity index is 1.56. The van der Waals surface area contributed by atoms with Crippen LogP contribution in [0.15, 0.2) is 35.9 Å². The quantitative estimate of drug-likeness (QED) is 0.352. The fraction of sp³-hybridized carbons (Fsp3) is 0.655. The Hall–Kier alpha value is -1.17. The highest BCUT2D eigenvalue weighted by Gasteiger charge is 2.77. The van der Waals surface area contributed by atoms with Crippen LogP contribution in [0.4, 0.5) is 13.2 Å². The number of hydroxylamine groups is 2. The molecule has 0 aliphatic heterocycles. The van der Waals surface area contributed by atoms with Gasteiger partial charge in [-0.2, -0.15) is 5.06 Å². The van der Waals surface area contributed by atoms with E-state index in [0.717, 1.165) is 4.88 Å². The molecule has 11 heteroatoms. The predicted octanol–water partition coefficient (Wildman–Crippen LogP) is 6.50. The van der Waals surface area contributed by atoms with Crippen molar-refractivity contribution < 1.29 is 32.7 Å². The topological polar surface area (TPSA) is 66.8 Å². The minimum atomic E-state index is -2.27. The van der Waals surface area contributed by atoms with Gasteiger partial charge in [-0.1, -0.05) is 43.3 Å². The van der Waals surface area contributed by atoms with Crippen molar-refractivity contribution in [3.63, 3.8) is 0 Å². The summed E-state index contributed by atoms with van der Waals surface area (Å²) >= 11 is 8.11. The molecule has 3 fully saturated rings. The third-order valence-corrected chi connectivity index (χ3v) is 12.6.